The molecular weight excluding hydrogens is 252 g/mol. The maximum Gasteiger partial charge on any atom is 0.320 e. The average Bonchev–Trinajstić information content (AvgIpc) is 2.16. The normalized spacial score (nSPS) is 13.5. The zero-order chi connectivity index (χ0) is 12.8. The second-order valence-corrected chi connectivity index (χ2v) is 17.2. The summed E-state index contributed by atoms with van der Waals surface area (Å²) >= 11 is 2.20. The first-order chi connectivity index (χ1) is 7.24. The SMILES string of the molecule is CO[SiH](CCCS[Si](C)(C)C(C)(C)C)OC. The van der Waals surface area contributed by atoms with Crippen molar-refractivity contribution >= 4 is 27.7 Å². The Hall–Kier alpha value is 0.704. The lowest BCUT2D eigenvalue weighted by atomic mass is 10.2. The van der Waals surface area contributed by atoms with Crippen LogP contribution in [-0.4, -0.2) is 36.5 Å². The van der Waals surface area contributed by atoms with Crippen LogP contribution in [0, 0.1) is 0 Å². The largest absolute Gasteiger partial charge is 0.400 e. The van der Waals surface area contributed by atoms with Crippen LogP contribution >= 0.6 is 11.2 Å². The summed E-state index contributed by atoms with van der Waals surface area (Å²) in [7, 11) is 1.07. The van der Waals surface area contributed by atoms with Crippen molar-refractivity contribution in [1.29, 1.82) is 0 Å². The predicted octanol–water partition coefficient (Wildman–Crippen LogP) is 3.63. The molecule has 0 N–H and O–H groups in total. The van der Waals surface area contributed by atoms with Crippen LogP contribution in [0.2, 0.25) is 24.2 Å². The van der Waals surface area contributed by atoms with Gasteiger partial charge in [0.25, 0.3) is 0 Å². The molecule has 0 amide bonds. The Labute approximate surface area is 108 Å². The summed E-state index contributed by atoms with van der Waals surface area (Å²) in [6.07, 6.45) is 1.23. The monoisotopic (exact) mass is 280 g/mol. The molecule has 98 valence electrons. The third-order valence-electron chi connectivity index (χ3n) is 3.38. The first kappa shape index (κ1) is 16.7. The Morgan fingerprint density at radius 3 is 2.00 bits per heavy atom. The van der Waals surface area contributed by atoms with Gasteiger partial charge in [-0.1, -0.05) is 33.9 Å². The Morgan fingerprint density at radius 2 is 1.62 bits per heavy atom. The topological polar surface area (TPSA) is 18.5 Å². The van der Waals surface area contributed by atoms with Crippen LogP contribution in [0.15, 0.2) is 0 Å². The smallest absolute Gasteiger partial charge is 0.320 e. The predicted molar refractivity (Wildman–Crippen MR) is 80.2 cm³/mol. The van der Waals surface area contributed by atoms with Gasteiger partial charge in [-0.05, 0) is 23.3 Å². The lowest BCUT2D eigenvalue weighted by Crippen LogP contribution is -2.34. The van der Waals surface area contributed by atoms with Crippen LogP contribution in [0.3, 0.4) is 0 Å². The van der Waals surface area contributed by atoms with E-state index in [0.29, 0.717) is 5.04 Å². The molecule has 0 aliphatic carbocycles. The van der Waals surface area contributed by atoms with Gasteiger partial charge >= 0.3 is 9.28 Å². The van der Waals surface area contributed by atoms with E-state index in [1.54, 1.807) is 14.2 Å². The van der Waals surface area contributed by atoms with Crippen molar-refractivity contribution in [2.24, 2.45) is 0 Å². The minimum Gasteiger partial charge on any atom is -0.400 e. The molecule has 0 saturated heterocycles. The Balaban J connectivity index is 3.82. The average molecular weight is 281 g/mol. The molecule has 0 saturated carbocycles. The lowest BCUT2D eigenvalue weighted by Gasteiger charge is -2.36. The highest BCUT2D eigenvalue weighted by Gasteiger charge is 2.35. The molecule has 0 bridgehead atoms. The van der Waals surface area contributed by atoms with Crippen molar-refractivity contribution in [2.45, 2.75) is 51.4 Å². The van der Waals surface area contributed by atoms with Gasteiger partial charge in [-0.15, -0.1) is 0 Å². The molecule has 0 aromatic heterocycles. The molecule has 0 heterocycles. The van der Waals surface area contributed by atoms with E-state index >= 15 is 0 Å². The van der Waals surface area contributed by atoms with Crippen LogP contribution in [0.1, 0.15) is 27.2 Å². The summed E-state index contributed by atoms with van der Waals surface area (Å²) in [6, 6.07) is 1.13. The minimum absolute atomic E-state index is 0.483. The van der Waals surface area contributed by atoms with Gasteiger partial charge in [0, 0.05) is 14.2 Å². The summed E-state index contributed by atoms with van der Waals surface area (Å²) in [4.78, 5) is 0. The molecule has 0 aromatic carbocycles. The minimum atomic E-state index is -1.32. The van der Waals surface area contributed by atoms with E-state index in [2.05, 4.69) is 45.1 Å². The van der Waals surface area contributed by atoms with Crippen LogP contribution in [-0.2, 0) is 8.85 Å². The molecule has 0 unspecified atom stereocenters. The van der Waals surface area contributed by atoms with E-state index in [4.69, 9.17) is 8.85 Å². The molecule has 16 heavy (non-hydrogen) atoms. The summed E-state index contributed by atoms with van der Waals surface area (Å²) in [6.45, 7) is 12.1. The fourth-order valence-electron chi connectivity index (χ4n) is 1.13. The molecule has 0 spiro atoms. The molecule has 2 nitrogen and oxygen atoms in total. The molecule has 0 aromatic rings. The van der Waals surface area contributed by atoms with Gasteiger partial charge in [-0.25, -0.2) is 0 Å². The number of hydrogen-bond acceptors (Lipinski definition) is 3. The molecular formula is C11H28O2SSi2. The van der Waals surface area contributed by atoms with Gasteiger partial charge in [0.1, 0.15) is 7.22 Å². The lowest BCUT2D eigenvalue weighted by molar-refractivity contribution is 0.277. The summed E-state index contributed by atoms with van der Waals surface area (Å²) in [5.41, 5.74) is 0. The van der Waals surface area contributed by atoms with Gasteiger partial charge in [0.15, 0.2) is 0 Å². The van der Waals surface area contributed by atoms with E-state index in [1.807, 2.05) is 0 Å². The third-order valence-corrected chi connectivity index (χ3v) is 14.8. The van der Waals surface area contributed by atoms with E-state index in [-0.39, 0.29) is 0 Å². The van der Waals surface area contributed by atoms with Crippen molar-refractivity contribution in [2.75, 3.05) is 20.0 Å². The highest BCUT2D eigenvalue weighted by atomic mass is 32.4. The van der Waals surface area contributed by atoms with Gasteiger partial charge < -0.3 is 8.85 Å². The van der Waals surface area contributed by atoms with Crippen molar-refractivity contribution in [1.82, 2.24) is 0 Å². The van der Waals surface area contributed by atoms with Crippen LogP contribution in [0.4, 0.5) is 0 Å². The second kappa shape index (κ2) is 7.21. The first-order valence-corrected chi connectivity index (χ1v) is 12.4. The second-order valence-electron chi connectivity index (χ2n) is 5.65. The Kier molecular flexibility index (Phi) is 7.52. The van der Waals surface area contributed by atoms with E-state index in [0.717, 1.165) is 6.04 Å². The highest BCUT2D eigenvalue weighted by Crippen LogP contribution is 2.43. The van der Waals surface area contributed by atoms with Crippen molar-refractivity contribution < 1.29 is 8.85 Å². The molecule has 5 heteroatoms. The van der Waals surface area contributed by atoms with Crippen LogP contribution in [0.25, 0.3) is 0 Å². The van der Waals surface area contributed by atoms with Crippen molar-refractivity contribution in [3.05, 3.63) is 0 Å². The highest BCUT2D eigenvalue weighted by molar-refractivity contribution is 8.29. The van der Waals surface area contributed by atoms with Gasteiger partial charge in [0.05, 0.1) is 0 Å². The fraction of sp³-hybridized carbons (Fsp3) is 1.00. The zero-order valence-corrected chi connectivity index (χ0v) is 14.9. The van der Waals surface area contributed by atoms with Crippen LogP contribution < -0.4 is 0 Å². The summed E-state index contributed by atoms with van der Waals surface area (Å²) in [5.74, 6) is 1.26. The maximum atomic E-state index is 5.32. The van der Waals surface area contributed by atoms with Gasteiger partial charge in [0.2, 0.25) is 0 Å². The summed E-state index contributed by atoms with van der Waals surface area (Å²) < 4.78 is 10.6. The molecule has 0 aliphatic rings. The van der Waals surface area contributed by atoms with E-state index < -0.39 is 16.5 Å². The van der Waals surface area contributed by atoms with Crippen molar-refractivity contribution in [3.63, 3.8) is 0 Å². The molecule has 0 radical (unpaired) electrons. The first-order valence-electron chi connectivity index (χ1n) is 5.94. The summed E-state index contributed by atoms with van der Waals surface area (Å²) in [5, 5.41) is 0.483. The zero-order valence-electron chi connectivity index (χ0n) is 11.9. The van der Waals surface area contributed by atoms with Crippen molar-refractivity contribution in [3.8, 4) is 0 Å². The standard InChI is InChI=1S/C11H28O2SSi2/c1-11(2,3)16(6,7)14-9-8-10-15(12-4)13-5/h15H,8-10H2,1-7H3. The number of hydrogen-bond donors (Lipinski definition) is 0. The maximum absolute atomic E-state index is 5.32. The quantitative estimate of drug-likeness (QED) is 0.524. The molecule has 0 aliphatic heterocycles. The van der Waals surface area contributed by atoms with E-state index in [9.17, 15) is 0 Å². The third kappa shape index (κ3) is 5.86. The van der Waals surface area contributed by atoms with Crippen LogP contribution in [0.5, 0.6) is 0 Å². The molecule has 0 fully saturated rings. The molecule has 0 rings (SSSR count). The Morgan fingerprint density at radius 1 is 1.12 bits per heavy atom. The Bertz CT molecular complexity index is 189. The van der Waals surface area contributed by atoms with E-state index in [1.165, 1.54) is 12.2 Å². The number of rotatable bonds is 7. The molecule has 0 atom stereocenters. The fourth-order valence-corrected chi connectivity index (χ4v) is 7.14. The van der Waals surface area contributed by atoms with Gasteiger partial charge in [-0.2, -0.15) is 11.2 Å². The van der Waals surface area contributed by atoms with Gasteiger partial charge in [-0.3, -0.25) is 0 Å².